The molecule has 0 radical (unpaired) electrons. The third-order valence-electron chi connectivity index (χ3n) is 3.94. The van der Waals surface area contributed by atoms with Crippen molar-refractivity contribution >= 4 is 17.4 Å². The highest BCUT2D eigenvalue weighted by atomic mass is 32.1. The minimum absolute atomic E-state index is 0.0850. The van der Waals surface area contributed by atoms with Crippen molar-refractivity contribution in [3.63, 3.8) is 0 Å². The van der Waals surface area contributed by atoms with Gasteiger partial charge in [-0.1, -0.05) is 30.3 Å². The van der Waals surface area contributed by atoms with Crippen LogP contribution in [0.15, 0.2) is 47.2 Å². The summed E-state index contributed by atoms with van der Waals surface area (Å²) in [5.41, 5.74) is 2.56. The summed E-state index contributed by atoms with van der Waals surface area (Å²) in [6.45, 7) is 1.47. The predicted octanol–water partition coefficient (Wildman–Crippen LogP) is 4.05. The highest BCUT2D eigenvalue weighted by molar-refractivity contribution is 7.07. The van der Waals surface area contributed by atoms with Gasteiger partial charge in [0.2, 0.25) is 0 Å². The van der Waals surface area contributed by atoms with E-state index in [-0.39, 0.29) is 6.03 Å². The first-order chi connectivity index (χ1) is 10.8. The molecule has 1 N–H and O–H groups in total. The maximum atomic E-state index is 12.4. The van der Waals surface area contributed by atoms with Gasteiger partial charge in [-0.3, -0.25) is 0 Å². The number of nitrogens with one attached hydrogen (secondary N) is 1. The third kappa shape index (κ3) is 4.34. The summed E-state index contributed by atoms with van der Waals surface area (Å²) < 4.78 is 0. The Balaban J connectivity index is 1.43. The van der Waals surface area contributed by atoms with E-state index in [4.69, 9.17) is 0 Å². The summed E-state index contributed by atoms with van der Waals surface area (Å²) in [7, 11) is 0. The van der Waals surface area contributed by atoms with Crippen LogP contribution in [0.3, 0.4) is 0 Å². The van der Waals surface area contributed by atoms with Crippen molar-refractivity contribution in [2.75, 3.05) is 6.54 Å². The van der Waals surface area contributed by atoms with Gasteiger partial charge in [-0.2, -0.15) is 11.3 Å². The molecule has 2 aromatic rings. The average molecular weight is 314 g/mol. The summed E-state index contributed by atoms with van der Waals surface area (Å²) in [4.78, 5) is 14.4. The Bertz CT molecular complexity index is 578. The van der Waals surface area contributed by atoms with Crippen LogP contribution >= 0.6 is 11.3 Å². The van der Waals surface area contributed by atoms with Gasteiger partial charge in [-0.25, -0.2) is 4.79 Å². The highest BCUT2D eigenvalue weighted by Crippen LogP contribution is 2.28. The van der Waals surface area contributed by atoms with Gasteiger partial charge in [0.1, 0.15) is 0 Å². The minimum Gasteiger partial charge on any atom is -0.338 e. The van der Waals surface area contributed by atoms with E-state index in [9.17, 15) is 4.79 Å². The smallest absolute Gasteiger partial charge is 0.317 e. The Labute approximate surface area is 136 Å². The van der Waals surface area contributed by atoms with Crippen LogP contribution in [-0.2, 0) is 13.0 Å². The molecule has 0 unspecified atom stereocenters. The highest BCUT2D eigenvalue weighted by Gasteiger charge is 2.32. The molecule has 0 atom stereocenters. The molecule has 1 heterocycles. The van der Waals surface area contributed by atoms with Crippen molar-refractivity contribution in [1.29, 1.82) is 0 Å². The first kappa shape index (κ1) is 15.1. The number of hydrogen-bond donors (Lipinski definition) is 1. The molecule has 0 aliphatic heterocycles. The quantitative estimate of drug-likeness (QED) is 0.768. The molecule has 0 saturated heterocycles. The number of aryl methyl sites for hydroxylation is 1. The van der Waals surface area contributed by atoms with Crippen LogP contribution in [0.25, 0.3) is 0 Å². The van der Waals surface area contributed by atoms with Gasteiger partial charge in [0, 0.05) is 19.1 Å². The van der Waals surface area contributed by atoms with Crippen LogP contribution in [0.4, 0.5) is 4.79 Å². The van der Waals surface area contributed by atoms with Crippen LogP contribution in [0.5, 0.6) is 0 Å². The minimum atomic E-state index is 0.0850. The maximum Gasteiger partial charge on any atom is 0.317 e. The Morgan fingerprint density at radius 1 is 1.18 bits per heavy atom. The molecule has 0 bridgehead atoms. The largest absolute Gasteiger partial charge is 0.338 e. The zero-order chi connectivity index (χ0) is 15.2. The summed E-state index contributed by atoms with van der Waals surface area (Å²) in [6, 6.07) is 13.0. The molecular formula is C18H22N2OS. The van der Waals surface area contributed by atoms with Crippen LogP contribution in [0.2, 0.25) is 0 Å². The van der Waals surface area contributed by atoms with Crippen LogP contribution in [0.1, 0.15) is 30.4 Å². The summed E-state index contributed by atoms with van der Waals surface area (Å²) in [5.74, 6) is 0. The van der Waals surface area contributed by atoms with E-state index in [1.54, 1.807) is 11.3 Å². The standard InChI is InChI=1S/C18H22N2OS/c21-18(19-11-4-7-15-5-2-1-3-6-15)20(17-8-9-17)13-16-10-12-22-14-16/h1-3,5-6,10,12,14,17H,4,7-9,11,13H2,(H,19,21). The van der Waals surface area contributed by atoms with Crippen molar-refractivity contribution in [2.45, 2.75) is 38.3 Å². The molecular weight excluding hydrogens is 292 g/mol. The van der Waals surface area contributed by atoms with E-state index in [0.29, 0.717) is 6.04 Å². The maximum absolute atomic E-state index is 12.4. The van der Waals surface area contributed by atoms with Gasteiger partial charge in [0.15, 0.2) is 0 Å². The fraction of sp³-hybridized carbons (Fsp3) is 0.389. The second-order valence-corrected chi connectivity index (χ2v) is 6.59. The van der Waals surface area contributed by atoms with Crippen molar-refractivity contribution in [3.05, 3.63) is 58.3 Å². The number of nitrogens with zero attached hydrogens (tertiary/aromatic N) is 1. The molecule has 116 valence electrons. The molecule has 3 nitrogen and oxygen atoms in total. The zero-order valence-corrected chi connectivity index (χ0v) is 13.5. The fourth-order valence-electron chi connectivity index (χ4n) is 2.57. The first-order valence-electron chi connectivity index (χ1n) is 7.92. The molecule has 1 saturated carbocycles. The van der Waals surface area contributed by atoms with Crippen molar-refractivity contribution in [3.8, 4) is 0 Å². The van der Waals surface area contributed by atoms with Crippen molar-refractivity contribution < 1.29 is 4.79 Å². The lowest BCUT2D eigenvalue weighted by Crippen LogP contribution is -2.41. The summed E-state index contributed by atoms with van der Waals surface area (Å²) in [6.07, 6.45) is 4.27. The number of amides is 2. The number of thiophene rings is 1. The molecule has 0 spiro atoms. The second-order valence-electron chi connectivity index (χ2n) is 5.81. The lowest BCUT2D eigenvalue weighted by Gasteiger charge is -2.22. The Kier molecular flexibility index (Phi) is 5.11. The summed E-state index contributed by atoms with van der Waals surface area (Å²) >= 11 is 1.69. The first-order valence-corrected chi connectivity index (χ1v) is 8.86. The molecule has 1 aromatic carbocycles. The number of urea groups is 1. The fourth-order valence-corrected chi connectivity index (χ4v) is 3.23. The lowest BCUT2D eigenvalue weighted by molar-refractivity contribution is 0.192. The van der Waals surface area contributed by atoms with E-state index in [2.05, 4.69) is 46.4 Å². The van der Waals surface area contributed by atoms with E-state index < -0.39 is 0 Å². The molecule has 1 aliphatic rings. The van der Waals surface area contributed by atoms with E-state index in [0.717, 1.165) is 38.8 Å². The van der Waals surface area contributed by atoms with E-state index in [1.807, 2.05) is 11.0 Å². The molecule has 22 heavy (non-hydrogen) atoms. The second kappa shape index (κ2) is 7.45. The van der Waals surface area contributed by atoms with Gasteiger partial charge >= 0.3 is 6.03 Å². The molecule has 1 fully saturated rings. The molecule has 1 aliphatic carbocycles. The SMILES string of the molecule is O=C(NCCCc1ccccc1)N(Cc1ccsc1)C1CC1. The monoisotopic (exact) mass is 314 g/mol. The number of rotatable bonds is 7. The summed E-state index contributed by atoms with van der Waals surface area (Å²) in [5, 5.41) is 7.27. The van der Waals surface area contributed by atoms with Crippen LogP contribution in [0, 0.1) is 0 Å². The van der Waals surface area contributed by atoms with Crippen LogP contribution in [-0.4, -0.2) is 23.5 Å². The van der Waals surface area contributed by atoms with Gasteiger partial charge in [0.05, 0.1) is 0 Å². The van der Waals surface area contributed by atoms with Crippen molar-refractivity contribution in [2.24, 2.45) is 0 Å². The average Bonchev–Trinajstić information content (AvgIpc) is 3.26. The number of benzene rings is 1. The van der Waals surface area contributed by atoms with E-state index in [1.165, 1.54) is 11.1 Å². The number of hydrogen-bond acceptors (Lipinski definition) is 2. The van der Waals surface area contributed by atoms with E-state index >= 15 is 0 Å². The Morgan fingerprint density at radius 2 is 2.00 bits per heavy atom. The molecule has 4 heteroatoms. The normalized spacial score (nSPS) is 13.8. The van der Waals surface area contributed by atoms with Crippen molar-refractivity contribution in [1.82, 2.24) is 10.2 Å². The third-order valence-corrected chi connectivity index (χ3v) is 4.67. The Morgan fingerprint density at radius 3 is 2.68 bits per heavy atom. The van der Waals surface area contributed by atoms with Gasteiger partial charge < -0.3 is 10.2 Å². The van der Waals surface area contributed by atoms with Crippen LogP contribution < -0.4 is 5.32 Å². The molecule has 1 aromatic heterocycles. The van der Waals surface area contributed by atoms with Gasteiger partial charge in [0.25, 0.3) is 0 Å². The topological polar surface area (TPSA) is 32.3 Å². The number of carbonyl (C=O) groups is 1. The zero-order valence-electron chi connectivity index (χ0n) is 12.7. The molecule has 2 amide bonds. The van der Waals surface area contributed by atoms with Gasteiger partial charge in [-0.15, -0.1) is 0 Å². The Hall–Kier alpha value is -1.81. The van der Waals surface area contributed by atoms with Gasteiger partial charge in [-0.05, 0) is 53.6 Å². The lowest BCUT2D eigenvalue weighted by atomic mass is 10.1. The number of carbonyl (C=O) groups excluding carboxylic acids is 1. The predicted molar refractivity (Wildman–Crippen MR) is 91.0 cm³/mol. The molecule has 3 rings (SSSR count).